The highest BCUT2D eigenvalue weighted by atomic mass is 127. The van der Waals surface area contributed by atoms with Crippen molar-refractivity contribution in [2.75, 3.05) is 5.32 Å². The van der Waals surface area contributed by atoms with Crippen molar-refractivity contribution < 1.29 is 13.9 Å². The largest absolute Gasteiger partial charge is 0.490 e. The van der Waals surface area contributed by atoms with E-state index in [0.717, 1.165) is 34.9 Å². The second kappa shape index (κ2) is 8.51. The van der Waals surface area contributed by atoms with Crippen molar-refractivity contribution in [2.45, 2.75) is 37.8 Å². The summed E-state index contributed by atoms with van der Waals surface area (Å²) in [6.07, 6.45) is 3.58. The number of carbonyl (C=O) groups is 1. The number of urea groups is 1. The van der Waals surface area contributed by atoms with Gasteiger partial charge in [0.25, 0.3) is 0 Å². The Morgan fingerprint density at radius 1 is 1.08 bits per heavy atom. The van der Waals surface area contributed by atoms with E-state index < -0.39 is 0 Å². The Balaban J connectivity index is 1.42. The van der Waals surface area contributed by atoms with Crippen LogP contribution in [0.1, 0.15) is 25.7 Å². The number of rotatable bonds is 4. The summed E-state index contributed by atoms with van der Waals surface area (Å²) in [4.78, 5) is 12.1. The number of ether oxygens (including phenoxy) is 1. The maximum Gasteiger partial charge on any atom is 0.319 e. The minimum atomic E-state index is -0.264. The van der Waals surface area contributed by atoms with Gasteiger partial charge in [-0.25, -0.2) is 9.18 Å². The Kier molecular flexibility index (Phi) is 6.12. The summed E-state index contributed by atoms with van der Waals surface area (Å²) in [7, 11) is 0. The highest BCUT2D eigenvalue weighted by Gasteiger charge is 2.23. The molecule has 0 unspecified atom stereocenters. The molecule has 2 aromatic carbocycles. The minimum absolute atomic E-state index is 0.113. The molecule has 0 bridgehead atoms. The first-order valence-corrected chi connectivity index (χ1v) is 9.42. The number of benzene rings is 2. The first-order chi connectivity index (χ1) is 12.1. The lowest BCUT2D eigenvalue weighted by Crippen LogP contribution is -2.41. The van der Waals surface area contributed by atoms with Gasteiger partial charge < -0.3 is 15.4 Å². The Hall–Kier alpha value is -1.83. The average molecular weight is 454 g/mol. The highest BCUT2D eigenvalue weighted by Crippen LogP contribution is 2.24. The van der Waals surface area contributed by atoms with Crippen LogP contribution in [-0.4, -0.2) is 18.2 Å². The van der Waals surface area contributed by atoms with Crippen LogP contribution >= 0.6 is 22.6 Å². The SMILES string of the molecule is O=C(Nc1cccc(I)c1)N[C@H]1CC[C@@H](Oc2ccc(F)cc2)CC1. The van der Waals surface area contributed by atoms with Gasteiger partial charge in [0.2, 0.25) is 0 Å². The molecule has 0 atom stereocenters. The van der Waals surface area contributed by atoms with Crippen LogP contribution in [0, 0.1) is 9.39 Å². The van der Waals surface area contributed by atoms with E-state index in [9.17, 15) is 9.18 Å². The van der Waals surface area contributed by atoms with E-state index in [4.69, 9.17) is 4.74 Å². The van der Waals surface area contributed by atoms with E-state index in [1.54, 1.807) is 12.1 Å². The number of nitrogens with one attached hydrogen (secondary N) is 2. The third kappa shape index (κ3) is 5.59. The summed E-state index contributed by atoms with van der Waals surface area (Å²) in [5.74, 6) is 0.425. The number of anilines is 1. The fourth-order valence-electron chi connectivity index (χ4n) is 2.95. The molecule has 3 rings (SSSR count). The van der Waals surface area contributed by atoms with E-state index in [1.807, 2.05) is 24.3 Å². The molecular formula is C19H20FIN2O2. The molecule has 0 heterocycles. The number of amides is 2. The second-order valence-electron chi connectivity index (χ2n) is 6.15. The van der Waals surface area contributed by atoms with Gasteiger partial charge in [0.05, 0.1) is 6.10 Å². The first kappa shape index (κ1) is 18.0. The molecule has 132 valence electrons. The van der Waals surface area contributed by atoms with Crippen LogP contribution < -0.4 is 15.4 Å². The zero-order valence-electron chi connectivity index (χ0n) is 13.7. The van der Waals surface area contributed by atoms with E-state index in [1.165, 1.54) is 12.1 Å². The number of hydrogen-bond acceptors (Lipinski definition) is 2. The van der Waals surface area contributed by atoms with Crippen LogP contribution in [0.4, 0.5) is 14.9 Å². The van der Waals surface area contributed by atoms with Crippen molar-refractivity contribution in [3.05, 3.63) is 57.9 Å². The zero-order valence-corrected chi connectivity index (χ0v) is 15.8. The third-order valence-electron chi connectivity index (χ3n) is 4.21. The van der Waals surface area contributed by atoms with Crippen LogP contribution in [-0.2, 0) is 0 Å². The van der Waals surface area contributed by atoms with Gasteiger partial charge in [0.1, 0.15) is 11.6 Å². The lowest BCUT2D eigenvalue weighted by molar-refractivity contribution is 0.141. The Morgan fingerprint density at radius 2 is 1.80 bits per heavy atom. The molecule has 0 spiro atoms. The van der Waals surface area contributed by atoms with E-state index in [2.05, 4.69) is 33.2 Å². The Labute approximate surface area is 160 Å². The highest BCUT2D eigenvalue weighted by molar-refractivity contribution is 14.1. The lowest BCUT2D eigenvalue weighted by atomic mass is 9.93. The molecule has 1 aliphatic carbocycles. The van der Waals surface area contributed by atoms with E-state index in [-0.39, 0.29) is 24.0 Å². The van der Waals surface area contributed by atoms with Gasteiger partial charge in [0.15, 0.2) is 0 Å². The summed E-state index contributed by atoms with van der Waals surface area (Å²) in [5.41, 5.74) is 0.790. The minimum Gasteiger partial charge on any atom is -0.490 e. The summed E-state index contributed by atoms with van der Waals surface area (Å²) in [6, 6.07) is 13.8. The van der Waals surface area contributed by atoms with E-state index in [0.29, 0.717) is 5.75 Å². The van der Waals surface area contributed by atoms with Crippen LogP contribution in [0.5, 0.6) is 5.75 Å². The standard InChI is InChI=1S/C19H20FIN2O2/c20-13-4-8-17(9-5-13)25-18-10-6-15(7-11-18)22-19(24)23-16-3-1-2-14(21)12-16/h1-5,8-9,12,15,18H,6-7,10-11H2,(H2,22,23,24)/t15-,18+. The topological polar surface area (TPSA) is 50.4 Å². The van der Waals surface area contributed by atoms with Crippen molar-refractivity contribution in [1.82, 2.24) is 5.32 Å². The molecule has 1 aliphatic rings. The number of carbonyl (C=O) groups excluding carboxylic acids is 1. The fourth-order valence-corrected chi connectivity index (χ4v) is 3.49. The van der Waals surface area contributed by atoms with Crippen LogP contribution in [0.2, 0.25) is 0 Å². The predicted molar refractivity (Wildman–Crippen MR) is 104 cm³/mol. The van der Waals surface area contributed by atoms with Crippen molar-refractivity contribution >= 4 is 34.3 Å². The summed E-state index contributed by atoms with van der Waals surface area (Å²) >= 11 is 2.21. The van der Waals surface area contributed by atoms with Gasteiger partial charge in [-0.05, 0) is 90.7 Å². The van der Waals surface area contributed by atoms with Crippen molar-refractivity contribution in [1.29, 1.82) is 0 Å². The quantitative estimate of drug-likeness (QED) is 0.643. The van der Waals surface area contributed by atoms with Gasteiger partial charge in [-0.3, -0.25) is 0 Å². The van der Waals surface area contributed by atoms with Crippen molar-refractivity contribution in [2.24, 2.45) is 0 Å². The molecule has 0 radical (unpaired) electrons. The van der Waals surface area contributed by atoms with Gasteiger partial charge >= 0.3 is 6.03 Å². The molecular weight excluding hydrogens is 434 g/mol. The summed E-state index contributed by atoms with van der Waals surface area (Å²) < 4.78 is 19.9. The van der Waals surface area contributed by atoms with Gasteiger partial charge in [0, 0.05) is 15.3 Å². The maximum absolute atomic E-state index is 12.9. The molecule has 1 fully saturated rings. The third-order valence-corrected chi connectivity index (χ3v) is 4.88. The first-order valence-electron chi connectivity index (χ1n) is 8.34. The van der Waals surface area contributed by atoms with Crippen LogP contribution in [0.3, 0.4) is 0 Å². The average Bonchev–Trinajstić information content (AvgIpc) is 2.59. The van der Waals surface area contributed by atoms with Gasteiger partial charge in [-0.1, -0.05) is 6.07 Å². The summed E-state index contributed by atoms with van der Waals surface area (Å²) in [6.45, 7) is 0. The predicted octanol–water partition coefficient (Wildman–Crippen LogP) is 4.94. The fraction of sp³-hybridized carbons (Fsp3) is 0.316. The molecule has 2 N–H and O–H groups in total. The maximum atomic E-state index is 12.9. The zero-order chi connectivity index (χ0) is 17.6. The molecule has 25 heavy (non-hydrogen) atoms. The number of hydrogen-bond donors (Lipinski definition) is 2. The molecule has 2 amide bonds. The smallest absolute Gasteiger partial charge is 0.319 e. The van der Waals surface area contributed by atoms with E-state index >= 15 is 0 Å². The van der Waals surface area contributed by atoms with Crippen LogP contribution in [0.15, 0.2) is 48.5 Å². The van der Waals surface area contributed by atoms with Crippen LogP contribution in [0.25, 0.3) is 0 Å². The molecule has 4 nitrogen and oxygen atoms in total. The molecule has 0 saturated heterocycles. The van der Waals surface area contributed by atoms with Gasteiger partial charge in [-0.15, -0.1) is 0 Å². The Bertz CT molecular complexity index is 716. The molecule has 1 saturated carbocycles. The molecule has 6 heteroatoms. The molecule has 0 aromatic heterocycles. The number of halogens is 2. The second-order valence-corrected chi connectivity index (χ2v) is 7.40. The summed E-state index contributed by atoms with van der Waals surface area (Å²) in [5, 5.41) is 5.89. The van der Waals surface area contributed by atoms with Crippen molar-refractivity contribution in [3.8, 4) is 5.75 Å². The van der Waals surface area contributed by atoms with Crippen molar-refractivity contribution in [3.63, 3.8) is 0 Å². The monoisotopic (exact) mass is 454 g/mol. The van der Waals surface area contributed by atoms with Gasteiger partial charge in [-0.2, -0.15) is 0 Å². The molecule has 0 aliphatic heterocycles. The molecule has 2 aromatic rings. The Morgan fingerprint density at radius 3 is 2.48 bits per heavy atom. The lowest BCUT2D eigenvalue weighted by Gasteiger charge is -2.29. The normalized spacial score (nSPS) is 19.9.